The first-order valence-corrected chi connectivity index (χ1v) is 9.94. The molecule has 1 amide bonds. The topological polar surface area (TPSA) is 64.6 Å². The summed E-state index contributed by atoms with van der Waals surface area (Å²) in [5.41, 5.74) is 1.73. The summed E-state index contributed by atoms with van der Waals surface area (Å²) in [6.45, 7) is 8.11. The molecule has 2 aliphatic rings. The smallest absolute Gasteiger partial charge is 0.272 e. The number of likely N-dealkylation sites (tertiary alicyclic amines) is 1. The molecular weight excluding hydrogens is 354 g/mol. The van der Waals surface area contributed by atoms with Gasteiger partial charge in [-0.2, -0.15) is 0 Å². The average molecular weight is 381 g/mol. The zero-order valence-corrected chi connectivity index (χ0v) is 16.8. The molecule has 28 heavy (non-hydrogen) atoms. The highest BCUT2D eigenvalue weighted by molar-refractivity contribution is 5.92. The summed E-state index contributed by atoms with van der Waals surface area (Å²) in [5, 5.41) is 0. The molecule has 1 atom stereocenters. The number of fused-ring (bicyclic) bond motifs is 1. The third-order valence-corrected chi connectivity index (χ3v) is 5.55. The number of carbonyl (C=O) groups is 1. The van der Waals surface area contributed by atoms with E-state index < -0.39 is 0 Å². The molecule has 4 rings (SSSR count). The van der Waals surface area contributed by atoms with Gasteiger partial charge in [0.05, 0.1) is 0 Å². The molecule has 0 radical (unpaired) electrons. The Balaban J connectivity index is 1.49. The molecule has 6 heteroatoms. The van der Waals surface area contributed by atoms with E-state index in [1.165, 1.54) is 5.56 Å². The maximum atomic E-state index is 13.1. The largest absolute Gasteiger partial charge is 0.454 e. The lowest BCUT2D eigenvalue weighted by Crippen LogP contribution is -2.46. The Labute approximate surface area is 165 Å². The van der Waals surface area contributed by atoms with E-state index in [9.17, 15) is 4.79 Å². The predicted molar refractivity (Wildman–Crippen MR) is 106 cm³/mol. The Bertz CT molecular complexity index is 883. The summed E-state index contributed by atoms with van der Waals surface area (Å²) in [7, 11) is 0. The van der Waals surface area contributed by atoms with Crippen molar-refractivity contribution in [3.63, 3.8) is 0 Å². The second kappa shape index (κ2) is 7.41. The molecule has 0 aliphatic carbocycles. The Morgan fingerprint density at radius 1 is 1.25 bits per heavy atom. The maximum Gasteiger partial charge on any atom is 0.272 e. The highest BCUT2D eigenvalue weighted by Crippen LogP contribution is 2.37. The molecule has 1 aromatic heterocycles. The van der Waals surface area contributed by atoms with Gasteiger partial charge in [0.2, 0.25) is 6.79 Å². The van der Waals surface area contributed by atoms with Crippen molar-refractivity contribution >= 4 is 5.91 Å². The van der Waals surface area contributed by atoms with Gasteiger partial charge < -0.3 is 14.4 Å². The first-order chi connectivity index (χ1) is 13.4. The van der Waals surface area contributed by atoms with Crippen LogP contribution in [0.2, 0.25) is 0 Å². The van der Waals surface area contributed by atoms with Crippen molar-refractivity contribution in [1.82, 2.24) is 14.9 Å². The van der Waals surface area contributed by atoms with Crippen LogP contribution in [-0.2, 0) is 6.42 Å². The van der Waals surface area contributed by atoms with Crippen LogP contribution in [0.3, 0.4) is 0 Å². The summed E-state index contributed by atoms with van der Waals surface area (Å²) in [6.07, 6.45) is 4.67. The van der Waals surface area contributed by atoms with Crippen molar-refractivity contribution in [3.05, 3.63) is 47.5 Å². The van der Waals surface area contributed by atoms with Gasteiger partial charge in [-0.1, -0.05) is 26.8 Å². The first kappa shape index (κ1) is 18.7. The van der Waals surface area contributed by atoms with Crippen molar-refractivity contribution < 1.29 is 14.3 Å². The molecule has 1 unspecified atom stereocenters. The van der Waals surface area contributed by atoms with Gasteiger partial charge in [0.25, 0.3) is 5.91 Å². The number of nitrogens with zero attached hydrogens (tertiary/aromatic N) is 3. The fourth-order valence-corrected chi connectivity index (χ4v) is 4.11. The predicted octanol–water partition coefficient (Wildman–Crippen LogP) is 3.81. The third-order valence-electron chi connectivity index (χ3n) is 5.55. The minimum absolute atomic E-state index is 0.000844. The van der Waals surface area contributed by atoms with Crippen LogP contribution in [0.25, 0.3) is 0 Å². The standard InChI is InChI=1S/C22H27N3O3/c1-15(2)20-23-9-7-17(24-20)21(26)25-10-4-8-22(3,13-25)12-16-5-6-18-19(11-16)28-14-27-18/h5-7,9,11,15H,4,8,10,12-14H2,1-3H3. The number of hydrogen-bond donors (Lipinski definition) is 0. The van der Waals surface area contributed by atoms with E-state index in [1.807, 2.05) is 24.8 Å². The van der Waals surface area contributed by atoms with E-state index in [4.69, 9.17) is 9.47 Å². The van der Waals surface area contributed by atoms with E-state index >= 15 is 0 Å². The van der Waals surface area contributed by atoms with Crippen LogP contribution in [0, 0.1) is 5.41 Å². The molecule has 2 aliphatic heterocycles. The second-order valence-electron chi connectivity index (χ2n) is 8.46. The Kier molecular flexibility index (Phi) is 4.96. The average Bonchev–Trinajstić information content (AvgIpc) is 3.15. The number of amides is 1. The van der Waals surface area contributed by atoms with Crippen molar-refractivity contribution in [2.24, 2.45) is 5.41 Å². The Hall–Kier alpha value is -2.63. The van der Waals surface area contributed by atoms with Crippen molar-refractivity contribution in [3.8, 4) is 11.5 Å². The normalized spacial score (nSPS) is 21.2. The number of rotatable bonds is 4. The Morgan fingerprint density at radius 3 is 2.89 bits per heavy atom. The van der Waals surface area contributed by atoms with Gasteiger partial charge in [0.1, 0.15) is 11.5 Å². The molecule has 6 nitrogen and oxygen atoms in total. The fourth-order valence-electron chi connectivity index (χ4n) is 4.11. The fraction of sp³-hybridized carbons (Fsp3) is 0.500. The number of carbonyl (C=O) groups excluding carboxylic acids is 1. The molecule has 1 fully saturated rings. The highest BCUT2D eigenvalue weighted by Gasteiger charge is 2.34. The Morgan fingerprint density at radius 2 is 2.07 bits per heavy atom. The summed E-state index contributed by atoms with van der Waals surface area (Å²) < 4.78 is 10.9. The van der Waals surface area contributed by atoms with Gasteiger partial charge in [-0.15, -0.1) is 0 Å². The molecule has 2 aromatic rings. The number of aromatic nitrogens is 2. The van der Waals surface area contributed by atoms with Crippen LogP contribution >= 0.6 is 0 Å². The number of hydrogen-bond acceptors (Lipinski definition) is 5. The lowest BCUT2D eigenvalue weighted by molar-refractivity contribution is 0.0544. The minimum Gasteiger partial charge on any atom is -0.454 e. The van der Waals surface area contributed by atoms with Gasteiger partial charge in [-0.05, 0) is 48.4 Å². The first-order valence-electron chi connectivity index (χ1n) is 9.94. The van der Waals surface area contributed by atoms with Crippen LogP contribution in [0.4, 0.5) is 0 Å². The van der Waals surface area contributed by atoms with E-state index in [-0.39, 0.29) is 24.0 Å². The van der Waals surface area contributed by atoms with Crippen molar-refractivity contribution in [2.75, 3.05) is 19.9 Å². The van der Waals surface area contributed by atoms with Crippen LogP contribution < -0.4 is 9.47 Å². The lowest BCUT2D eigenvalue weighted by Gasteiger charge is -2.40. The summed E-state index contributed by atoms with van der Waals surface area (Å²) in [6, 6.07) is 7.85. The van der Waals surface area contributed by atoms with Crippen LogP contribution in [0.1, 0.15) is 61.4 Å². The molecule has 1 saturated heterocycles. The van der Waals surface area contributed by atoms with Gasteiger partial charge in [0.15, 0.2) is 11.5 Å². The van der Waals surface area contributed by atoms with Crippen molar-refractivity contribution in [1.29, 1.82) is 0 Å². The number of ether oxygens (including phenoxy) is 2. The van der Waals surface area contributed by atoms with Gasteiger partial charge in [0, 0.05) is 25.2 Å². The van der Waals surface area contributed by atoms with Crippen molar-refractivity contribution in [2.45, 2.75) is 46.0 Å². The molecule has 148 valence electrons. The number of benzene rings is 1. The third kappa shape index (κ3) is 3.81. The molecule has 0 bridgehead atoms. The minimum atomic E-state index is 0.000844. The van der Waals surface area contributed by atoms with E-state index in [0.29, 0.717) is 11.5 Å². The van der Waals surface area contributed by atoms with Gasteiger partial charge >= 0.3 is 0 Å². The second-order valence-corrected chi connectivity index (χ2v) is 8.46. The van der Waals surface area contributed by atoms with E-state index in [2.05, 4.69) is 29.0 Å². The monoisotopic (exact) mass is 381 g/mol. The summed E-state index contributed by atoms with van der Waals surface area (Å²) in [5.74, 6) is 2.53. The van der Waals surface area contributed by atoms with Crippen LogP contribution in [0.15, 0.2) is 30.5 Å². The van der Waals surface area contributed by atoms with Gasteiger partial charge in [-0.3, -0.25) is 4.79 Å². The summed E-state index contributed by atoms with van der Waals surface area (Å²) >= 11 is 0. The number of piperidine rings is 1. The maximum absolute atomic E-state index is 13.1. The summed E-state index contributed by atoms with van der Waals surface area (Å²) in [4.78, 5) is 23.8. The molecule has 0 spiro atoms. The van der Waals surface area contributed by atoms with Crippen LogP contribution in [0.5, 0.6) is 11.5 Å². The SMILES string of the molecule is CC(C)c1nccc(C(=O)N2CCCC(C)(Cc3ccc4c(c3)OCO4)C2)n1. The highest BCUT2D eigenvalue weighted by atomic mass is 16.7. The zero-order valence-electron chi connectivity index (χ0n) is 16.8. The van der Waals surface area contributed by atoms with E-state index in [1.54, 1.807) is 12.3 Å². The zero-order chi connectivity index (χ0) is 19.7. The lowest BCUT2D eigenvalue weighted by atomic mass is 9.77. The van der Waals surface area contributed by atoms with Crippen LogP contribution in [-0.4, -0.2) is 40.7 Å². The molecule has 0 saturated carbocycles. The quantitative estimate of drug-likeness (QED) is 0.806. The molecular formula is C22H27N3O3. The van der Waals surface area contributed by atoms with Gasteiger partial charge in [-0.25, -0.2) is 9.97 Å². The van der Waals surface area contributed by atoms with E-state index in [0.717, 1.165) is 43.9 Å². The molecule has 3 heterocycles. The molecule has 0 N–H and O–H groups in total. The molecule has 1 aromatic carbocycles.